The molecular weight excluding hydrogens is 262 g/mol. The SMILES string of the molecule is CNC(CO)(CN1CCN(c2ccccc2)CC1)C1CC1. The van der Waals surface area contributed by atoms with Gasteiger partial charge in [-0.3, -0.25) is 4.90 Å². The van der Waals surface area contributed by atoms with Crippen molar-refractivity contribution < 1.29 is 5.11 Å². The number of anilines is 1. The molecule has 1 aliphatic heterocycles. The molecule has 4 nitrogen and oxygen atoms in total. The lowest BCUT2D eigenvalue weighted by molar-refractivity contribution is 0.0938. The van der Waals surface area contributed by atoms with Gasteiger partial charge in [0.15, 0.2) is 0 Å². The van der Waals surface area contributed by atoms with Crippen molar-refractivity contribution >= 4 is 5.69 Å². The summed E-state index contributed by atoms with van der Waals surface area (Å²) in [5.41, 5.74) is 1.23. The predicted molar refractivity (Wildman–Crippen MR) is 86.7 cm³/mol. The summed E-state index contributed by atoms with van der Waals surface area (Å²) in [6.45, 7) is 5.50. The molecule has 1 atom stereocenters. The molecule has 1 aliphatic carbocycles. The summed E-state index contributed by atoms with van der Waals surface area (Å²) in [4.78, 5) is 4.96. The molecule has 1 aromatic carbocycles. The molecule has 116 valence electrons. The van der Waals surface area contributed by atoms with Gasteiger partial charge < -0.3 is 15.3 Å². The van der Waals surface area contributed by atoms with Gasteiger partial charge >= 0.3 is 0 Å². The predicted octanol–water partition coefficient (Wildman–Crippen LogP) is 1.17. The minimum Gasteiger partial charge on any atom is -0.394 e. The Labute approximate surface area is 127 Å². The zero-order chi connectivity index (χ0) is 14.7. The first kappa shape index (κ1) is 14.8. The molecule has 0 bridgehead atoms. The van der Waals surface area contributed by atoms with Crippen molar-refractivity contribution in [2.75, 3.05) is 51.3 Å². The molecule has 1 aromatic rings. The van der Waals surface area contributed by atoms with Crippen LogP contribution in [0.3, 0.4) is 0 Å². The maximum Gasteiger partial charge on any atom is 0.0628 e. The molecule has 1 saturated heterocycles. The highest BCUT2D eigenvalue weighted by Crippen LogP contribution is 2.40. The molecule has 1 unspecified atom stereocenters. The molecule has 0 amide bonds. The Morgan fingerprint density at radius 3 is 2.33 bits per heavy atom. The monoisotopic (exact) mass is 289 g/mol. The van der Waals surface area contributed by atoms with Crippen LogP contribution in [0, 0.1) is 5.92 Å². The van der Waals surface area contributed by atoms with E-state index >= 15 is 0 Å². The second-order valence-electron chi connectivity index (χ2n) is 6.44. The third-order valence-electron chi connectivity index (χ3n) is 5.14. The summed E-state index contributed by atoms with van der Waals surface area (Å²) in [5, 5.41) is 13.3. The van der Waals surface area contributed by atoms with E-state index in [1.807, 2.05) is 7.05 Å². The van der Waals surface area contributed by atoms with E-state index in [0.29, 0.717) is 5.92 Å². The van der Waals surface area contributed by atoms with Gasteiger partial charge in [-0.25, -0.2) is 0 Å². The number of piperazine rings is 1. The van der Waals surface area contributed by atoms with Gasteiger partial charge in [-0.15, -0.1) is 0 Å². The van der Waals surface area contributed by atoms with Crippen molar-refractivity contribution in [1.82, 2.24) is 10.2 Å². The second kappa shape index (κ2) is 6.34. The molecule has 1 saturated carbocycles. The molecule has 2 fully saturated rings. The summed E-state index contributed by atoms with van der Waals surface area (Å²) >= 11 is 0. The van der Waals surface area contributed by atoms with Crippen LogP contribution in [-0.2, 0) is 0 Å². The quantitative estimate of drug-likeness (QED) is 0.824. The number of para-hydroxylation sites is 1. The third kappa shape index (κ3) is 3.23. The van der Waals surface area contributed by atoms with Gasteiger partial charge in [0.05, 0.1) is 12.1 Å². The number of nitrogens with zero attached hydrogens (tertiary/aromatic N) is 2. The minimum atomic E-state index is -0.0884. The summed E-state index contributed by atoms with van der Waals surface area (Å²) in [6, 6.07) is 10.6. The fraction of sp³-hybridized carbons (Fsp3) is 0.647. The van der Waals surface area contributed by atoms with E-state index in [0.717, 1.165) is 32.7 Å². The molecule has 4 heteroatoms. The highest BCUT2D eigenvalue weighted by molar-refractivity contribution is 5.46. The topological polar surface area (TPSA) is 38.7 Å². The van der Waals surface area contributed by atoms with Crippen LogP contribution in [0.5, 0.6) is 0 Å². The van der Waals surface area contributed by atoms with Crippen LogP contribution in [0.2, 0.25) is 0 Å². The number of rotatable bonds is 6. The summed E-state index contributed by atoms with van der Waals surface area (Å²) in [5.74, 6) is 0.652. The molecule has 2 aliphatic rings. The Bertz CT molecular complexity index is 435. The molecule has 0 aromatic heterocycles. The number of hydrogen-bond donors (Lipinski definition) is 2. The second-order valence-corrected chi connectivity index (χ2v) is 6.44. The van der Waals surface area contributed by atoms with Gasteiger partial charge in [0.1, 0.15) is 0 Å². The van der Waals surface area contributed by atoms with Crippen molar-refractivity contribution in [1.29, 1.82) is 0 Å². The Kier molecular flexibility index (Phi) is 4.48. The van der Waals surface area contributed by atoms with E-state index in [9.17, 15) is 5.11 Å². The number of nitrogens with one attached hydrogen (secondary N) is 1. The molecular formula is C17H27N3O. The number of likely N-dealkylation sites (N-methyl/N-ethyl adjacent to an activating group) is 1. The van der Waals surface area contributed by atoms with Crippen LogP contribution in [0.25, 0.3) is 0 Å². The maximum absolute atomic E-state index is 9.85. The van der Waals surface area contributed by atoms with Gasteiger partial charge in [-0.05, 0) is 37.9 Å². The van der Waals surface area contributed by atoms with Gasteiger partial charge in [-0.1, -0.05) is 18.2 Å². The van der Waals surface area contributed by atoms with E-state index in [-0.39, 0.29) is 12.1 Å². The lowest BCUT2D eigenvalue weighted by Crippen LogP contribution is -2.59. The van der Waals surface area contributed by atoms with Crippen LogP contribution in [0.15, 0.2) is 30.3 Å². The summed E-state index contributed by atoms with van der Waals surface area (Å²) < 4.78 is 0. The third-order valence-corrected chi connectivity index (χ3v) is 5.14. The van der Waals surface area contributed by atoms with Gasteiger partial charge in [0.2, 0.25) is 0 Å². The largest absolute Gasteiger partial charge is 0.394 e. The Hall–Kier alpha value is -1.10. The normalized spacial score (nSPS) is 23.0. The summed E-state index contributed by atoms with van der Waals surface area (Å²) in [7, 11) is 1.99. The summed E-state index contributed by atoms with van der Waals surface area (Å²) in [6.07, 6.45) is 2.51. The van der Waals surface area contributed by atoms with Crippen LogP contribution < -0.4 is 10.2 Å². The molecule has 1 heterocycles. The van der Waals surface area contributed by atoms with Crippen molar-refractivity contribution in [3.63, 3.8) is 0 Å². The Morgan fingerprint density at radius 2 is 1.81 bits per heavy atom. The average Bonchev–Trinajstić information content (AvgIpc) is 3.39. The Balaban J connectivity index is 1.56. The molecule has 3 rings (SSSR count). The average molecular weight is 289 g/mol. The van der Waals surface area contributed by atoms with E-state index in [4.69, 9.17) is 0 Å². The van der Waals surface area contributed by atoms with E-state index in [2.05, 4.69) is 45.4 Å². The molecule has 2 N–H and O–H groups in total. The van der Waals surface area contributed by atoms with Crippen molar-refractivity contribution in [3.05, 3.63) is 30.3 Å². The highest BCUT2D eigenvalue weighted by atomic mass is 16.3. The fourth-order valence-corrected chi connectivity index (χ4v) is 3.51. The minimum absolute atomic E-state index is 0.0884. The van der Waals surface area contributed by atoms with E-state index in [1.54, 1.807) is 0 Å². The smallest absolute Gasteiger partial charge is 0.0628 e. The number of benzene rings is 1. The van der Waals surface area contributed by atoms with Gasteiger partial charge in [0, 0.05) is 38.4 Å². The van der Waals surface area contributed by atoms with E-state index in [1.165, 1.54) is 18.5 Å². The number of aliphatic hydroxyl groups excluding tert-OH is 1. The highest BCUT2D eigenvalue weighted by Gasteiger charge is 2.44. The lowest BCUT2D eigenvalue weighted by Gasteiger charge is -2.42. The van der Waals surface area contributed by atoms with Crippen LogP contribution in [-0.4, -0.2) is 61.9 Å². The van der Waals surface area contributed by atoms with Crippen LogP contribution >= 0.6 is 0 Å². The first-order valence-corrected chi connectivity index (χ1v) is 8.09. The van der Waals surface area contributed by atoms with Crippen LogP contribution in [0.1, 0.15) is 12.8 Å². The molecule has 0 radical (unpaired) electrons. The van der Waals surface area contributed by atoms with Crippen molar-refractivity contribution in [2.45, 2.75) is 18.4 Å². The van der Waals surface area contributed by atoms with E-state index < -0.39 is 0 Å². The van der Waals surface area contributed by atoms with Crippen molar-refractivity contribution in [2.24, 2.45) is 5.92 Å². The van der Waals surface area contributed by atoms with Gasteiger partial charge in [0.25, 0.3) is 0 Å². The zero-order valence-corrected chi connectivity index (χ0v) is 13.0. The first-order valence-electron chi connectivity index (χ1n) is 8.09. The number of hydrogen-bond acceptors (Lipinski definition) is 4. The molecule has 0 spiro atoms. The maximum atomic E-state index is 9.85. The van der Waals surface area contributed by atoms with Crippen molar-refractivity contribution in [3.8, 4) is 0 Å². The fourth-order valence-electron chi connectivity index (χ4n) is 3.51. The van der Waals surface area contributed by atoms with Crippen LogP contribution in [0.4, 0.5) is 5.69 Å². The number of aliphatic hydroxyl groups is 1. The first-order chi connectivity index (χ1) is 10.3. The standard InChI is InChI=1S/C17H27N3O/c1-18-17(14-21,15-7-8-15)13-19-9-11-20(12-10-19)16-5-3-2-4-6-16/h2-6,15,18,21H,7-14H2,1H3. The zero-order valence-electron chi connectivity index (χ0n) is 13.0. The Morgan fingerprint density at radius 1 is 1.14 bits per heavy atom. The van der Waals surface area contributed by atoms with Gasteiger partial charge in [-0.2, -0.15) is 0 Å². The lowest BCUT2D eigenvalue weighted by atomic mass is 9.93. The molecule has 21 heavy (non-hydrogen) atoms.